The highest BCUT2D eigenvalue weighted by molar-refractivity contribution is 5.32. The van der Waals surface area contributed by atoms with Gasteiger partial charge in [0.25, 0.3) is 0 Å². The lowest BCUT2D eigenvalue weighted by atomic mass is 10.3. The lowest BCUT2D eigenvalue weighted by Crippen LogP contribution is -2.16. The Balaban J connectivity index is 2.19. The van der Waals surface area contributed by atoms with Gasteiger partial charge in [0.1, 0.15) is 0 Å². The van der Waals surface area contributed by atoms with E-state index in [1.54, 1.807) is 0 Å². The summed E-state index contributed by atoms with van der Waals surface area (Å²) in [7, 11) is 0. The van der Waals surface area contributed by atoms with Crippen LogP contribution in [0, 0.1) is 0 Å². The van der Waals surface area contributed by atoms with Crippen molar-refractivity contribution in [2.45, 2.75) is 19.8 Å². The van der Waals surface area contributed by atoms with Crippen molar-refractivity contribution in [2.75, 3.05) is 13.1 Å². The van der Waals surface area contributed by atoms with Crippen molar-refractivity contribution in [3.8, 4) is 0 Å². The van der Waals surface area contributed by atoms with Crippen LogP contribution in [0.4, 0.5) is 0 Å². The Morgan fingerprint density at radius 2 is 1.92 bits per heavy atom. The van der Waals surface area contributed by atoms with Gasteiger partial charge in [0.15, 0.2) is 0 Å². The van der Waals surface area contributed by atoms with Crippen molar-refractivity contribution in [1.29, 1.82) is 0 Å². The van der Waals surface area contributed by atoms with E-state index in [2.05, 4.69) is 35.8 Å². The van der Waals surface area contributed by atoms with E-state index in [-0.39, 0.29) is 0 Å². The maximum atomic E-state index is 3.20. The molecule has 0 unspecified atom stereocenters. The van der Waals surface area contributed by atoms with Gasteiger partial charge in [-0.15, -0.1) is 5.73 Å². The Labute approximate surface area is 79.7 Å². The average molecular weight is 173 g/mol. The molecule has 2 rings (SSSR count). The summed E-state index contributed by atoms with van der Waals surface area (Å²) in [5.74, 6) is 0. The van der Waals surface area contributed by atoms with Crippen LogP contribution in [0.2, 0.25) is 0 Å². The molecule has 0 atom stereocenters. The maximum absolute atomic E-state index is 3.20. The molecule has 1 aliphatic heterocycles. The number of nitrogens with zero attached hydrogens (tertiary/aromatic N) is 1. The van der Waals surface area contributed by atoms with Crippen molar-refractivity contribution in [2.24, 2.45) is 0 Å². The smallest absolute Gasteiger partial charge is 0.0444 e. The van der Waals surface area contributed by atoms with E-state index >= 15 is 0 Å². The number of allylic oxidation sites excluding steroid dienone is 4. The highest BCUT2D eigenvalue weighted by Crippen LogP contribution is 2.17. The first kappa shape index (κ1) is 8.40. The van der Waals surface area contributed by atoms with Gasteiger partial charge in [-0.05, 0) is 37.5 Å². The van der Waals surface area contributed by atoms with Crippen molar-refractivity contribution in [3.63, 3.8) is 0 Å². The lowest BCUT2D eigenvalue weighted by Gasteiger charge is -2.17. The Morgan fingerprint density at radius 3 is 2.69 bits per heavy atom. The van der Waals surface area contributed by atoms with E-state index in [1.165, 1.54) is 37.2 Å². The molecule has 0 aromatic heterocycles. The third kappa shape index (κ3) is 1.93. The quantitative estimate of drug-likeness (QED) is 0.551. The molecule has 0 bridgehead atoms. The summed E-state index contributed by atoms with van der Waals surface area (Å²) in [5.41, 5.74) is 5.78. The number of hydrogen-bond donors (Lipinski definition) is 0. The van der Waals surface area contributed by atoms with E-state index in [0.717, 1.165) is 0 Å². The topological polar surface area (TPSA) is 3.24 Å². The van der Waals surface area contributed by atoms with Crippen LogP contribution < -0.4 is 0 Å². The molecule has 0 spiro atoms. The van der Waals surface area contributed by atoms with Crippen molar-refractivity contribution < 1.29 is 0 Å². The predicted molar refractivity (Wildman–Crippen MR) is 55.3 cm³/mol. The van der Waals surface area contributed by atoms with Crippen LogP contribution in [0.5, 0.6) is 0 Å². The van der Waals surface area contributed by atoms with E-state index < -0.39 is 0 Å². The van der Waals surface area contributed by atoms with E-state index in [1.807, 2.05) is 6.08 Å². The largest absolute Gasteiger partial charge is 0.371 e. The second-order valence-corrected chi connectivity index (χ2v) is 3.65. The Morgan fingerprint density at radius 1 is 1.15 bits per heavy atom. The first-order chi connectivity index (χ1) is 6.36. The lowest BCUT2D eigenvalue weighted by molar-refractivity contribution is 0.441. The summed E-state index contributed by atoms with van der Waals surface area (Å²) < 4.78 is 0. The van der Waals surface area contributed by atoms with Gasteiger partial charge in [-0.3, -0.25) is 0 Å². The zero-order chi connectivity index (χ0) is 9.10. The van der Waals surface area contributed by atoms with Gasteiger partial charge in [0, 0.05) is 24.9 Å². The standard InChI is InChI=1S/C12H15N/c1-11-5-4-6-12(8-7-11)13-9-2-3-10-13/h5-8H,2-3,9-10H2,1H3. The van der Waals surface area contributed by atoms with Gasteiger partial charge < -0.3 is 4.90 Å². The van der Waals surface area contributed by atoms with Crippen LogP contribution >= 0.6 is 0 Å². The van der Waals surface area contributed by atoms with Gasteiger partial charge in [0.05, 0.1) is 0 Å². The van der Waals surface area contributed by atoms with Crippen LogP contribution in [0.25, 0.3) is 0 Å². The minimum Gasteiger partial charge on any atom is -0.371 e. The summed E-state index contributed by atoms with van der Waals surface area (Å²) in [6.45, 7) is 4.51. The fourth-order valence-electron chi connectivity index (χ4n) is 1.74. The van der Waals surface area contributed by atoms with Crippen molar-refractivity contribution in [3.05, 3.63) is 41.3 Å². The predicted octanol–water partition coefficient (Wildman–Crippen LogP) is 2.64. The van der Waals surface area contributed by atoms with Crippen LogP contribution in [-0.4, -0.2) is 18.0 Å². The second-order valence-electron chi connectivity index (χ2n) is 3.65. The molecular weight excluding hydrogens is 158 g/mol. The SMILES string of the molecule is CC1=CC=C(N2CCCC2)C=C=C1. The van der Waals surface area contributed by atoms with Crippen LogP contribution in [0.15, 0.2) is 41.3 Å². The Hall–Kier alpha value is -1.20. The van der Waals surface area contributed by atoms with Gasteiger partial charge in [-0.2, -0.15) is 0 Å². The second kappa shape index (κ2) is 3.68. The number of hydrogen-bond acceptors (Lipinski definition) is 1. The summed E-state index contributed by atoms with van der Waals surface area (Å²) in [6.07, 6.45) is 11.1. The zero-order valence-corrected chi connectivity index (χ0v) is 8.09. The molecule has 0 amide bonds. The van der Waals surface area contributed by atoms with Crippen molar-refractivity contribution >= 4 is 0 Å². The normalized spacial score (nSPS) is 21.5. The first-order valence-corrected chi connectivity index (χ1v) is 4.92. The maximum Gasteiger partial charge on any atom is 0.0444 e. The molecule has 2 aliphatic rings. The summed E-state index contributed by atoms with van der Waals surface area (Å²) in [4.78, 5) is 2.43. The van der Waals surface area contributed by atoms with E-state index in [4.69, 9.17) is 0 Å². The van der Waals surface area contributed by atoms with E-state index in [0.29, 0.717) is 0 Å². The summed E-state index contributed by atoms with van der Waals surface area (Å²) in [5, 5.41) is 0. The molecule has 1 fully saturated rings. The van der Waals surface area contributed by atoms with Gasteiger partial charge in [0.2, 0.25) is 0 Å². The number of rotatable bonds is 1. The Kier molecular flexibility index (Phi) is 2.37. The van der Waals surface area contributed by atoms with E-state index in [9.17, 15) is 0 Å². The summed E-state index contributed by atoms with van der Waals surface area (Å²) in [6, 6.07) is 0. The Bertz CT molecular complexity index is 308. The first-order valence-electron chi connectivity index (χ1n) is 4.92. The molecule has 0 N–H and O–H groups in total. The van der Waals surface area contributed by atoms with Crippen LogP contribution in [0.3, 0.4) is 0 Å². The fraction of sp³-hybridized carbons (Fsp3) is 0.417. The molecule has 1 aliphatic carbocycles. The highest BCUT2D eigenvalue weighted by atomic mass is 15.1. The number of likely N-dealkylation sites (tertiary alicyclic amines) is 1. The molecule has 1 saturated heterocycles. The fourth-order valence-corrected chi connectivity index (χ4v) is 1.74. The van der Waals surface area contributed by atoms with Gasteiger partial charge in [-0.1, -0.05) is 6.08 Å². The molecular formula is C12H15N. The summed E-state index contributed by atoms with van der Waals surface area (Å²) >= 11 is 0. The molecule has 13 heavy (non-hydrogen) atoms. The molecule has 0 aromatic rings. The zero-order valence-electron chi connectivity index (χ0n) is 8.09. The third-order valence-corrected chi connectivity index (χ3v) is 2.53. The monoisotopic (exact) mass is 173 g/mol. The molecule has 0 aromatic carbocycles. The minimum atomic E-state index is 1.21. The third-order valence-electron chi connectivity index (χ3n) is 2.53. The molecule has 1 heterocycles. The van der Waals surface area contributed by atoms with Gasteiger partial charge in [-0.25, -0.2) is 0 Å². The van der Waals surface area contributed by atoms with Crippen molar-refractivity contribution in [1.82, 2.24) is 4.90 Å². The minimum absolute atomic E-state index is 1.21. The molecule has 0 saturated carbocycles. The molecule has 1 heteroatoms. The van der Waals surface area contributed by atoms with Gasteiger partial charge >= 0.3 is 0 Å². The highest BCUT2D eigenvalue weighted by Gasteiger charge is 2.12. The molecule has 0 radical (unpaired) electrons. The molecule has 68 valence electrons. The molecule has 1 nitrogen and oxygen atoms in total. The average Bonchev–Trinajstić information content (AvgIpc) is 2.56. The van der Waals surface area contributed by atoms with Crippen LogP contribution in [0.1, 0.15) is 19.8 Å². The van der Waals surface area contributed by atoms with Crippen LogP contribution in [-0.2, 0) is 0 Å².